The molecule has 0 unspecified atom stereocenters. The summed E-state index contributed by atoms with van der Waals surface area (Å²) in [4.78, 5) is 11.9. The average Bonchev–Trinajstić information content (AvgIpc) is 2.37. The van der Waals surface area contributed by atoms with Gasteiger partial charge in [-0.25, -0.2) is 0 Å². The van der Waals surface area contributed by atoms with E-state index in [1.165, 1.54) is 22.3 Å². The van der Waals surface area contributed by atoms with Gasteiger partial charge in [-0.15, -0.1) is 0 Å². The topological polar surface area (TPSA) is 26.3 Å². The average molecular weight is 316 g/mol. The molecule has 1 rings (SSSR count). The molecule has 0 N–H and O–H groups in total. The first-order valence-electron chi connectivity index (χ1n) is 8.27. The Balaban J connectivity index is 2.90. The van der Waals surface area contributed by atoms with E-state index in [9.17, 15) is 4.79 Å². The standard InChI is InChI=1S/C21H32O2/c1-14-10-17(13-23-19(22)21(7,8)9)11-15(2)18(14)12-16(3)20(4,5)6/h10-11H,3,12-13H2,1-2,4-9H3. The maximum atomic E-state index is 11.9. The van der Waals surface area contributed by atoms with E-state index in [1.807, 2.05) is 20.8 Å². The highest BCUT2D eigenvalue weighted by Gasteiger charge is 2.23. The summed E-state index contributed by atoms with van der Waals surface area (Å²) in [6, 6.07) is 4.24. The largest absolute Gasteiger partial charge is 0.460 e. The summed E-state index contributed by atoms with van der Waals surface area (Å²) < 4.78 is 5.42. The van der Waals surface area contributed by atoms with Crippen molar-refractivity contribution in [2.45, 2.75) is 68.4 Å². The van der Waals surface area contributed by atoms with Crippen molar-refractivity contribution in [1.29, 1.82) is 0 Å². The third-order valence-corrected chi connectivity index (χ3v) is 4.19. The molecule has 0 amide bonds. The highest BCUT2D eigenvalue weighted by Crippen LogP contribution is 2.29. The normalized spacial score (nSPS) is 12.2. The predicted octanol–water partition coefficient (Wildman–Crippen LogP) is 5.54. The SMILES string of the molecule is C=C(Cc1c(C)cc(COC(=O)C(C)(C)C)cc1C)C(C)(C)C. The quantitative estimate of drug-likeness (QED) is 0.538. The summed E-state index contributed by atoms with van der Waals surface area (Å²) in [5.74, 6) is -0.169. The van der Waals surface area contributed by atoms with Gasteiger partial charge in [0.1, 0.15) is 6.61 Å². The van der Waals surface area contributed by atoms with Crippen LogP contribution in [-0.4, -0.2) is 5.97 Å². The van der Waals surface area contributed by atoms with Crippen LogP contribution in [0.25, 0.3) is 0 Å². The molecule has 0 spiro atoms. The molecule has 0 saturated heterocycles. The lowest BCUT2D eigenvalue weighted by atomic mass is 9.82. The second kappa shape index (κ2) is 6.90. The Kier molecular flexibility index (Phi) is 5.84. The number of carbonyl (C=O) groups is 1. The summed E-state index contributed by atoms with van der Waals surface area (Å²) in [6.07, 6.45) is 0.892. The summed E-state index contributed by atoms with van der Waals surface area (Å²) in [7, 11) is 0. The van der Waals surface area contributed by atoms with Crippen molar-refractivity contribution in [2.75, 3.05) is 0 Å². The third kappa shape index (κ3) is 5.53. The van der Waals surface area contributed by atoms with Crippen LogP contribution in [0.1, 0.15) is 63.8 Å². The summed E-state index contributed by atoms with van der Waals surface area (Å²) in [6.45, 7) is 21.0. The van der Waals surface area contributed by atoms with Gasteiger partial charge in [0.05, 0.1) is 5.41 Å². The van der Waals surface area contributed by atoms with E-state index in [1.54, 1.807) is 0 Å². The van der Waals surface area contributed by atoms with Crippen LogP contribution < -0.4 is 0 Å². The number of hydrogen-bond donors (Lipinski definition) is 0. The van der Waals surface area contributed by atoms with Crippen molar-refractivity contribution in [1.82, 2.24) is 0 Å². The molecule has 1 aromatic rings. The van der Waals surface area contributed by atoms with Crippen molar-refractivity contribution < 1.29 is 9.53 Å². The van der Waals surface area contributed by atoms with E-state index in [4.69, 9.17) is 4.74 Å². The zero-order valence-corrected chi connectivity index (χ0v) is 16.1. The molecule has 0 aliphatic heterocycles. The molecule has 0 aliphatic rings. The lowest BCUT2D eigenvalue weighted by molar-refractivity contribution is -0.154. The Bertz CT molecular complexity index is 572. The smallest absolute Gasteiger partial charge is 0.311 e. The molecule has 0 radical (unpaired) electrons. The van der Waals surface area contributed by atoms with Crippen molar-refractivity contribution >= 4 is 5.97 Å². The number of aryl methyl sites for hydroxylation is 2. The lowest BCUT2D eigenvalue weighted by Crippen LogP contribution is -2.22. The van der Waals surface area contributed by atoms with Gasteiger partial charge in [-0.05, 0) is 68.7 Å². The Morgan fingerprint density at radius 1 is 1.00 bits per heavy atom. The van der Waals surface area contributed by atoms with Crippen LogP contribution in [0.4, 0.5) is 0 Å². The van der Waals surface area contributed by atoms with Gasteiger partial charge >= 0.3 is 5.97 Å². The Labute approximate surface area is 141 Å². The van der Waals surface area contributed by atoms with Gasteiger partial charge in [0.15, 0.2) is 0 Å². The van der Waals surface area contributed by atoms with Crippen molar-refractivity contribution in [2.24, 2.45) is 10.8 Å². The molecule has 2 heteroatoms. The van der Waals surface area contributed by atoms with Gasteiger partial charge in [-0.2, -0.15) is 0 Å². The maximum Gasteiger partial charge on any atom is 0.311 e. The molecule has 0 aromatic heterocycles. The maximum absolute atomic E-state index is 11.9. The fourth-order valence-corrected chi connectivity index (χ4v) is 2.29. The minimum absolute atomic E-state index is 0.111. The van der Waals surface area contributed by atoms with Crippen LogP contribution in [0.5, 0.6) is 0 Å². The molecule has 0 bridgehead atoms. The summed E-state index contributed by atoms with van der Waals surface area (Å²) in [5, 5.41) is 0. The third-order valence-electron chi connectivity index (χ3n) is 4.19. The van der Waals surface area contributed by atoms with Crippen LogP contribution in [-0.2, 0) is 22.6 Å². The van der Waals surface area contributed by atoms with Gasteiger partial charge in [-0.1, -0.05) is 45.1 Å². The molecule has 128 valence electrons. The highest BCUT2D eigenvalue weighted by atomic mass is 16.5. The minimum Gasteiger partial charge on any atom is -0.460 e. The minimum atomic E-state index is -0.464. The van der Waals surface area contributed by atoms with Crippen LogP contribution in [0.15, 0.2) is 24.3 Å². The first kappa shape index (κ1) is 19.5. The van der Waals surface area contributed by atoms with E-state index in [0.717, 1.165) is 12.0 Å². The van der Waals surface area contributed by atoms with Gasteiger partial charge in [0.2, 0.25) is 0 Å². The summed E-state index contributed by atoms with van der Waals surface area (Å²) in [5.41, 5.74) is 5.72. The molecule has 0 saturated carbocycles. The first-order valence-corrected chi connectivity index (χ1v) is 8.27. The van der Waals surface area contributed by atoms with Crippen LogP contribution in [0, 0.1) is 24.7 Å². The Morgan fingerprint density at radius 2 is 1.48 bits per heavy atom. The van der Waals surface area contributed by atoms with Gasteiger partial charge in [0, 0.05) is 0 Å². The van der Waals surface area contributed by atoms with Gasteiger partial charge in [0.25, 0.3) is 0 Å². The van der Waals surface area contributed by atoms with Crippen LogP contribution >= 0.6 is 0 Å². The van der Waals surface area contributed by atoms with E-state index in [0.29, 0.717) is 6.61 Å². The number of carbonyl (C=O) groups excluding carboxylic acids is 1. The molecule has 0 aliphatic carbocycles. The molecule has 0 atom stereocenters. The van der Waals surface area contributed by atoms with Crippen LogP contribution in [0.2, 0.25) is 0 Å². The lowest BCUT2D eigenvalue weighted by Gasteiger charge is -2.24. The fourth-order valence-electron chi connectivity index (χ4n) is 2.29. The summed E-state index contributed by atoms with van der Waals surface area (Å²) >= 11 is 0. The first-order chi connectivity index (χ1) is 10.3. The van der Waals surface area contributed by atoms with Crippen molar-refractivity contribution in [3.05, 3.63) is 46.5 Å². The second-order valence-corrected chi connectivity index (χ2v) is 8.56. The van der Waals surface area contributed by atoms with Crippen LogP contribution in [0.3, 0.4) is 0 Å². The molecule has 1 aromatic carbocycles. The zero-order valence-electron chi connectivity index (χ0n) is 16.1. The molecule has 0 fully saturated rings. The number of hydrogen-bond acceptors (Lipinski definition) is 2. The Morgan fingerprint density at radius 3 is 1.87 bits per heavy atom. The monoisotopic (exact) mass is 316 g/mol. The Hall–Kier alpha value is -1.57. The number of benzene rings is 1. The number of allylic oxidation sites excluding steroid dienone is 1. The number of rotatable bonds is 4. The zero-order chi connectivity index (χ0) is 18.0. The molecule has 23 heavy (non-hydrogen) atoms. The van der Waals surface area contributed by atoms with Gasteiger partial charge in [-0.3, -0.25) is 4.79 Å². The molecular weight excluding hydrogens is 284 g/mol. The van der Waals surface area contributed by atoms with E-state index < -0.39 is 5.41 Å². The van der Waals surface area contributed by atoms with Gasteiger partial charge < -0.3 is 4.74 Å². The van der Waals surface area contributed by atoms with E-state index in [2.05, 4.69) is 53.3 Å². The fraction of sp³-hybridized carbons (Fsp3) is 0.571. The van der Waals surface area contributed by atoms with Crippen molar-refractivity contribution in [3.8, 4) is 0 Å². The number of ether oxygens (including phenoxy) is 1. The molecule has 0 heterocycles. The van der Waals surface area contributed by atoms with E-state index >= 15 is 0 Å². The van der Waals surface area contributed by atoms with Crippen molar-refractivity contribution in [3.63, 3.8) is 0 Å². The second-order valence-electron chi connectivity index (χ2n) is 8.56. The predicted molar refractivity (Wildman–Crippen MR) is 97.5 cm³/mol. The van der Waals surface area contributed by atoms with E-state index in [-0.39, 0.29) is 11.4 Å². The molecular formula is C21H32O2. The number of esters is 1. The highest BCUT2D eigenvalue weighted by molar-refractivity contribution is 5.75. The molecule has 2 nitrogen and oxygen atoms in total.